The first-order valence-corrected chi connectivity index (χ1v) is 10.9. The Morgan fingerprint density at radius 1 is 1.07 bits per heavy atom. The van der Waals surface area contributed by atoms with Crippen LogP contribution in [0, 0.1) is 0 Å². The average molecular weight is 411 g/mol. The molecule has 1 aromatic carbocycles. The lowest BCUT2D eigenvalue weighted by molar-refractivity contribution is 0.367. The molecule has 1 aliphatic rings. The number of rotatable bonds is 9. The van der Waals surface area contributed by atoms with E-state index in [1.54, 1.807) is 7.11 Å². The minimum atomic E-state index is 0.832. The van der Waals surface area contributed by atoms with Crippen LogP contribution >= 0.6 is 0 Å². The van der Waals surface area contributed by atoms with Gasteiger partial charge in [-0.15, -0.1) is 0 Å². The fraction of sp³-hybridized carbons (Fsp3) is 0.478. The van der Waals surface area contributed by atoms with Crippen molar-refractivity contribution in [2.45, 2.75) is 19.8 Å². The molecule has 0 radical (unpaired) electrons. The lowest BCUT2D eigenvalue weighted by Gasteiger charge is -2.38. The van der Waals surface area contributed by atoms with Crippen molar-refractivity contribution in [1.29, 1.82) is 0 Å². The molecular weight excluding hydrogens is 376 g/mol. The zero-order chi connectivity index (χ0) is 21.0. The zero-order valence-corrected chi connectivity index (χ0v) is 18.2. The summed E-state index contributed by atoms with van der Waals surface area (Å²) in [5, 5.41) is 6.80. The molecule has 2 N–H and O–H groups in total. The van der Waals surface area contributed by atoms with Crippen LogP contribution < -0.4 is 20.3 Å². The maximum absolute atomic E-state index is 5.52. The number of hydrogen-bond donors (Lipinski definition) is 2. The summed E-state index contributed by atoms with van der Waals surface area (Å²) in [6.07, 6.45) is 3.93. The first-order valence-electron chi connectivity index (χ1n) is 10.9. The number of pyridine rings is 1. The third-order valence-corrected chi connectivity index (χ3v) is 5.16. The number of piperazine rings is 1. The Morgan fingerprint density at radius 3 is 2.60 bits per heavy atom. The number of nitrogens with one attached hydrogen (secondary N) is 2. The summed E-state index contributed by atoms with van der Waals surface area (Å²) in [6.45, 7) is 8.57. The number of aromatic nitrogens is 1. The number of nitrogens with zero attached hydrogens (tertiary/aromatic N) is 4. The molecule has 0 saturated carbocycles. The maximum atomic E-state index is 5.52. The summed E-state index contributed by atoms with van der Waals surface area (Å²) in [7, 11) is 1.73. The minimum absolute atomic E-state index is 0.832. The standard InChI is InChI=1S/C23H34N6O/c1-3-24-23(27-15-9-8-14-26-22-12-6-7-13-25-22)29-18-16-28(17-19-29)20-10-4-5-11-21(20)30-2/h4-7,10-13H,3,8-9,14-19H2,1-2H3,(H,24,27)(H,25,26). The summed E-state index contributed by atoms with van der Waals surface area (Å²) < 4.78 is 5.52. The van der Waals surface area contributed by atoms with Gasteiger partial charge >= 0.3 is 0 Å². The molecule has 1 aromatic heterocycles. The number of hydrogen-bond acceptors (Lipinski definition) is 5. The third kappa shape index (κ3) is 6.27. The maximum Gasteiger partial charge on any atom is 0.194 e. The van der Waals surface area contributed by atoms with Crippen molar-refractivity contribution in [2.24, 2.45) is 4.99 Å². The molecule has 1 fully saturated rings. The van der Waals surface area contributed by atoms with Crippen LogP contribution in [0.1, 0.15) is 19.8 Å². The smallest absolute Gasteiger partial charge is 0.194 e. The Balaban J connectivity index is 1.44. The lowest BCUT2D eigenvalue weighted by Crippen LogP contribution is -2.52. The van der Waals surface area contributed by atoms with Crippen LogP contribution in [0.4, 0.5) is 11.5 Å². The van der Waals surface area contributed by atoms with Gasteiger partial charge in [-0.2, -0.15) is 0 Å². The van der Waals surface area contributed by atoms with Crippen LogP contribution in [0.25, 0.3) is 0 Å². The number of aliphatic imine (C=N–C) groups is 1. The van der Waals surface area contributed by atoms with E-state index < -0.39 is 0 Å². The van der Waals surface area contributed by atoms with E-state index in [0.717, 1.165) is 76.2 Å². The van der Waals surface area contributed by atoms with Gasteiger partial charge in [-0.3, -0.25) is 4.99 Å². The summed E-state index contributed by atoms with van der Waals surface area (Å²) in [5.74, 6) is 2.89. The molecule has 162 valence electrons. The SMILES string of the molecule is CCNC(=NCCCCNc1ccccn1)N1CCN(c2ccccc2OC)CC1. The third-order valence-electron chi connectivity index (χ3n) is 5.16. The second-order valence-corrected chi connectivity index (χ2v) is 7.23. The van der Waals surface area contributed by atoms with Gasteiger partial charge in [0.05, 0.1) is 12.8 Å². The fourth-order valence-corrected chi connectivity index (χ4v) is 3.58. The van der Waals surface area contributed by atoms with Crippen molar-refractivity contribution in [3.63, 3.8) is 0 Å². The molecule has 0 aliphatic carbocycles. The highest BCUT2D eigenvalue weighted by molar-refractivity contribution is 5.80. The first-order chi connectivity index (χ1) is 14.8. The summed E-state index contributed by atoms with van der Waals surface area (Å²) in [4.78, 5) is 13.9. The van der Waals surface area contributed by atoms with Crippen molar-refractivity contribution in [1.82, 2.24) is 15.2 Å². The summed E-state index contributed by atoms with van der Waals surface area (Å²) in [5.41, 5.74) is 1.17. The summed E-state index contributed by atoms with van der Waals surface area (Å²) in [6, 6.07) is 14.2. The van der Waals surface area contributed by atoms with Crippen LogP contribution in [0.15, 0.2) is 53.7 Å². The molecule has 0 atom stereocenters. The lowest BCUT2D eigenvalue weighted by atomic mass is 10.2. The van der Waals surface area contributed by atoms with E-state index in [0.29, 0.717) is 0 Å². The van der Waals surface area contributed by atoms with Crippen LogP contribution in [0.2, 0.25) is 0 Å². The van der Waals surface area contributed by atoms with Crippen molar-refractivity contribution in [3.05, 3.63) is 48.7 Å². The molecule has 0 amide bonds. The second kappa shape index (κ2) is 11.9. The molecular formula is C23H34N6O. The molecule has 7 heteroatoms. The van der Waals surface area contributed by atoms with Gasteiger partial charge in [0, 0.05) is 52.0 Å². The van der Waals surface area contributed by atoms with E-state index in [2.05, 4.69) is 44.5 Å². The minimum Gasteiger partial charge on any atom is -0.495 e. The second-order valence-electron chi connectivity index (χ2n) is 7.23. The number of anilines is 2. The molecule has 0 spiro atoms. The van der Waals surface area contributed by atoms with Gasteiger partial charge in [-0.25, -0.2) is 4.98 Å². The van der Waals surface area contributed by atoms with E-state index in [1.165, 1.54) is 5.69 Å². The van der Waals surface area contributed by atoms with Gasteiger partial charge in [0.25, 0.3) is 0 Å². The molecule has 2 aromatic rings. The molecule has 1 aliphatic heterocycles. The fourth-order valence-electron chi connectivity index (χ4n) is 3.58. The normalized spacial score (nSPS) is 14.5. The monoisotopic (exact) mass is 410 g/mol. The van der Waals surface area contributed by atoms with Crippen LogP contribution in [-0.4, -0.2) is 68.8 Å². The van der Waals surface area contributed by atoms with Crippen LogP contribution in [-0.2, 0) is 0 Å². The van der Waals surface area contributed by atoms with Gasteiger partial charge in [-0.1, -0.05) is 18.2 Å². The average Bonchev–Trinajstić information content (AvgIpc) is 2.81. The molecule has 3 rings (SSSR count). The number of ether oxygens (including phenoxy) is 1. The largest absolute Gasteiger partial charge is 0.495 e. The van der Waals surface area contributed by atoms with Crippen molar-refractivity contribution >= 4 is 17.5 Å². The van der Waals surface area contributed by atoms with Gasteiger partial charge in [0.1, 0.15) is 11.6 Å². The molecule has 2 heterocycles. The van der Waals surface area contributed by atoms with E-state index in [9.17, 15) is 0 Å². The predicted molar refractivity (Wildman–Crippen MR) is 125 cm³/mol. The van der Waals surface area contributed by atoms with E-state index in [-0.39, 0.29) is 0 Å². The molecule has 0 bridgehead atoms. The van der Waals surface area contributed by atoms with Crippen molar-refractivity contribution in [2.75, 3.05) is 63.1 Å². The Labute approximate surface area is 180 Å². The number of benzene rings is 1. The van der Waals surface area contributed by atoms with Gasteiger partial charge in [0.15, 0.2) is 5.96 Å². The van der Waals surface area contributed by atoms with Crippen molar-refractivity contribution in [3.8, 4) is 5.75 Å². The molecule has 1 saturated heterocycles. The Bertz CT molecular complexity index is 774. The number of para-hydroxylation sites is 2. The van der Waals surface area contributed by atoms with E-state index >= 15 is 0 Å². The quantitative estimate of drug-likeness (QED) is 0.376. The van der Waals surface area contributed by atoms with Gasteiger partial charge in [0.2, 0.25) is 0 Å². The first kappa shape index (κ1) is 21.7. The Kier molecular flexibility index (Phi) is 8.62. The number of methoxy groups -OCH3 is 1. The molecule has 0 unspecified atom stereocenters. The topological polar surface area (TPSA) is 65.0 Å². The Morgan fingerprint density at radius 2 is 1.87 bits per heavy atom. The number of guanidine groups is 1. The van der Waals surface area contributed by atoms with Crippen molar-refractivity contribution < 1.29 is 4.74 Å². The van der Waals surface area contributed by atoms with E-state index in [1.807, 2.05) is 36.5 Å². The molecule has 30 heavy (non-hydrogen) atoms. The van der Waals surface area contributed by atoms with Gasteiger partial charge in [-0.05, 0) is 44.0 Å². The Hall–Kier alpha value is -2.96. The summed E-state index contributed by atoms with van der Waals surface area (Å²) >= 11 is 0. The van der Waals surface area contributed by atoms with Crippen LogP contribution in [0.5, 0.6) is 5.75 Å². The highest BCUT2D eigenvalue weighted by Gasteiger charge is 2.21. The highest BCUT2D eigenvalue weighted by atomic mass is 16.5. The zero-order valence-electron chi connectivity index (χ0n) is 18.2. The van der Waals surface area contributed by atoms with Gasteiger partial charge < -0.3 is 25.2 Å². The van der Waals surface area contributed by atoms with E-state index in [4.69, 9.17) is 9.73 Å². The highest BCUT2D eigenvalue weighted by Crippen LogP contribution is 2.28. The predicted octanol–water partition coefficient (Wildman–Crippen LogP) is 3.07. The number of unbranched alkanes of at least 4 members (excludes halogenated alkanes) is 1. The van der Waals surface area contributed by atoms with Crippen LogP contribution in [0.3, 0.4) is 0 Å². The molecule has 7 nitrogen and oxygen atoms in total.